The largest absolute Gasteiger partial charge is 0.446 e. The molecule has 0 radical (unpaired) electrons. The third-order valence-corrected chi connectivity index (χ3v) is 12.5. The summed E-state index contributed by atoms with van der Waals surface area (Å²) in [5.74, 6) is -0.0585. The number of nitrogens with zero attached hydrogens (tertiary/aromatic N) is 1. The minimum absolute atomic E-state index is 0.0696. The van der Waals surface area contributed by atoms with Crippen molar-refractivity contribution in [3.8, 4) is 0 Å². The zero-order valence-electron chi connectivity index (χ0n) is 22.9. The first-order valence-electron chi connectivity index (χ1n) is 13.5. The summed E-state index contributed by atoms with van der Waals surface area (Å²) < 4.78 is 12.2. The van der Waals surface area contributed by atoms with Gasteiger partial charge in [0, 0.05) is 13.0 Å². The van der Waals surface area contributed by atoms with Crippen molar-refractivity contribution in [2.45, 2.75) is 58.0 Å². The first-order chi connectivity index (χ1) is 18.2. The standard InChI is InChI=1S/C32H39NO4Si/c1-25(23-30(34)33-29(24-36-31(33)35)26-16-8-5-9-17-26)15-14-22-37-38(32(2,3)4,27-18-10-6-11-19-27)28-20-12-7-13-21-28/h5-13,16-21,25,29H,14-15,22-24H2,1-4H3/t25-,29-/m1/s1. The van der Waals surface area contributed by atoms with Gasteiger partial charge in [0.15, 0.2) is 0 Å². The smallest absolute Gasteiger partial charge is 0.417 e. The molecule has 0 unspecified atom stereocenters. The summed E-state index contributed by atoms with van der Waals surface area (Å²) in [6, 6.07) is 30.5. The molecule has 3 aromatic carbocycles. The van der Waals surface area contributed by atoms with Crippen LogP contribution in [-0.2, 0) is 14.0 Å². The molecule has 4 rings (SSSR count). The summed E-state index contributed by atoms with van der Waals surface area (Å²) in [7, 11) is -2.57. The van der Waals surface area contributed by atoms with E-state index in [-0.39, 0.29) is 29.5 Å². The van der Waals surface area contributed by atoms with Crippen LogP contribution in [0, 0.1) is 5.92 Å². The lowest BCUT2D eigenvalue weighted by atomic mass is 10.00. The third kappa shape index (κ3) is 5.92. The Morgan fingerprint density at radius 3 is 2.00 bits per heavy atom. The highest BCUT2D eigenvalue weighted by Gasteiger charge is 2.50. The van der Waals surface area contributed by atoms with E-state index in [2.05, 4.69) is 76.2 Å². The summed E-state index contributed by atoms with van der Waals surface area (Å²) in [5, 5.41) is 2.46. The van der Waals surface area contributed by atoms with Crippen LogP contribution in [0.15, 0.2) is 91.0 Å². The van der Waals surface area contributed by atoms with Crippen LogP contribution < -0.4 is 10.4 Å². The number of hydrogen-bond donors (Lipinski definition) is 0. The molecule has 1 aliphatic rings. The van der Waals surface area contributed by atoms with E-state index in [1.165, 1.54) is 15.3 Å². The zero-order valence-corrected chi connectivity index (χ0v) is 23.9. The van der Waals surface area contributed by atoms with Crippen LogP contribution in [-0.4, -0.2) is 38.4 Å². The van der Waals surface area contributed by atoms with Crippen LogP contribution in [0.1, 0.15) is 58.6 Å². The summed E-state index contributed by atoms with van der Waals surface area (Å²) >= 11 is 0. The fourth-order valence-electron chi connectivity index (χ4n) is 5.53. The summed E-state index contributed by atoms with van der Waals surface area (Å²) in [4.78, 5) is 26.8. The maximum absolute atomic E-state index is 13.1. The SMILES string of the molecule is C[C@H](CCCO[Si](c1ccccc1)(c1ccccc1)C(C)(C)C)CC(=O)N1C(=O)OC[C@@H]1c1ccccc1. The highest BCUT2D eigenvalue weighted by molar-refractivity contribution is 6.99. The fraction of sp³-hybridized carbons (Fsp3) is 0.375. The normalized spacial score (nSPS) is 16.8. The van der Waals surface area contributed by atoms with Gasteiger partial charge in [-0.25, -0.2) is 9.69 Å². The zero-order chi connectivity index (χ0) is 27.2. The van der Waals surface area contributed by atoms with Crippen LogP contribution in [0.25, 0.3) is 0 Å². The van der Waals surface area contributed by atoms with Crippen molar-refractivity contribution in [2.24, 2.45) is 5.92 Å². The van der Waals surface area contributed by atoms with Crippen molar-refractivity contribution in [1.82, 2.24) is 4.90 Å². The van der Waals surface area contributed by atoms with Gasteiger partial charge in [0.1, 0.15) is 12.6 Å². The average Bonchev–Trinajstić information content (AvgIpc) is 3.31. The van der Waals surface area contributed by atoms with E-state index in [4.69, 9.17) is 9.16 Å². The van der Waals surface area contributed by atoms with E-state index >= 15 is 0 Å². The summed E-state index contributed by atoms with van der Waals surface area (Å²) in [6.45, 7) is 9.72. The predicted molar refractivity (Wildman–Crippen MR) is 154 cm³/mol. The van der Waals surface area contributed by atoms with Crippen molar-refractivity contribution in [2.75, 3.05) is 13.2 Å². The van der Waals surface area contributed by atoms with Gasteiger partial charge in [-0.05, 0) is 39.7 Å². The van der Waals surface area contributed by atoms with Crippen molar-refractivity contribution in [1.29, 1.82) is 0 Å². The van der Waals surface area contributed by atoms with E-state index < -0.39 is 14.4 Å². The van der Waals surface area contributed by atoms with Gasteiger partial charge in [-0.1, -0.05) is 119 Å². The lowest BCUT2D eigenvalue weighted by Gasteiger charge is -2.43. The molecule has 5 nitrogen and oxygen atoms in total. The maximum atomic E-state index is 13.1. The summed E-state index contributed by atoms with van der Waals surface area (Å²) in [6.07, 6.45) is 1.43. The number of ether oxygens (including phenoxy) is 1. The Labute approximate surface area is 227 Å². The van der Waals surface area contributed by atoms with Gasteiger partial charge >= 0.3 is 6.09 Å². The quantitative estimate of drug-likeness (QED) is 0.236. The molecular weight excluding hydrogens is 490 g/mol. The second kappa shape index (κ2) is 12.1. The molecule has 0 saturated carbocycles. The minimum Gasteiger partial charge on any atom is -0.446 e. The number of carbonyl (C=O) groups excluding carboxylic acids is 2. The first kappa shape index (κ1) is 27.8. The lowest BCUT2D eigenvalue weighted by molar-refractivity contribution is -0.130. The molecule has 6 heteroatoms. The molecule has 0 bridgehead atoms. The Kier molecular flexibility index (Phi) is 8.85. The van der Waals surface area contributed by atoms with E-state index in [0.29, 0.717) is 13.0 Å². The Morgan fingerprint density at radius 1 is 0.947 bits per heavy atom. The molecule has 1 saturated heterocycles. The number of amides is 2. The topological polar surface area (TPSA) is 55.8 Å². The van der Waals surface area contributed by atoms with Gasteiger partial charge in [0.25, 0.3) is 8.32 Å². The number of cyclic esters (lactones) is 1. The number of hydrogen-bond acceptors (Lipinski definition) is 4. The van der Waals surface area contributed by atoms with Gasteiger partial charge in [-0.3, -0.25) is 4.79 Å². The van der Waals surface area contributed by atoms with Crippen LogP contribution in [0.3, 0.4) is 0 Å². The van der Waals surface area contributed by atoms with Crippen LogP contribution in [0.5, 0.6) is 0 Å². The van der Waals surface area contributed by atoms with Gasteiger partial charge in [-0.15, -0.1) is 0 Å². The van der Waals surface area contributed by atoms with Crippen LogP contribution in [0.2, 0.25) is 5.04 Å². The van der Waals surface area contributed by atoms with Crippen molar-refractivity contribution < 1.29 is 18.8 Å². The highest BCUT2D eigenvalue weighted by Crippen LogP contribution is 2.37. The van der Waals surface area contributed by atoms with Gasteiger partial charge in [0.05, 0.1) is 0 Å². The molecule has 0 spiro atoms. The highest BCUT2D eigenvalue weighted by atomic mass is 28.4. The lowest BCUT2D eigenvalue weighted by Crippen LogP contribution is -2.66. The first-order valence-corrected chi connectivity index (χ1v) is 15.4. The van der Waals surface area contributed by atoms with E-state index in [1.807, 2.05) is 42.5 Å². The molecule has 38 heavy (non-hydrogen) atoms. The Hall–Kier alpha value is -3.22. The maximum Gasteiger partial charge on any atom is 0.417 e. The molecule has 2 amide bonds. The Morgan fingerprint density at radius 2 is 1.47 bits per heavy atom. The summed E-state index contributed by atoms with van der Waals surface area (Å²) in [5.41, 5.74) is 0.915. The van der Waals surface area contributed by atoms with Crippen LogP contribution in [0.4, 0.5) is 4.79 Å². The van der Waals surface area contributed by atoms with Gasteiger partial charge in [-0.2, -0.15) is 0 Å². The molecule has 200 valence electrons. The molecule has 3 aromatic rings. The van der Waals surface area contributed by atoms with E-state index in [0.717, 1.165) is 18.4 Å². The number of carbonyl (C=O) groups is 2. The molecule has 0 aromatic heterocycles. The van der Waals surface area contributed by atoms with Crippen molar-refractivity contribution in [3.05, 3.63) is 96.6 Å². The average molecular weight is 530 g/mol. The van der Waals surface area contributed by atoms with E-state index in [1.54, 1.807) is 0 Å². The Bertz CT molecular complexity index is 1150. The molecule has 1 fully saturated rings. The van der Waals surface area contributed by atoms with Gasteiger partial charge < -0.3 is 9.16 Å². The Balaban J connectivity index is 1.41. The molecular formula is C32H39NO4Si. The third-order valence-electron chi connectivity index (χ3n) is 7.43. The second-order valence-electron chi connectivity index (χ2n) is 11.2. The number of benzene rings is 3. The monoisotopic (exact) mass is 529 g/mol. The molecule has 1 aliphatic heterocycles. The molecule has 1 heterocycles. The molecule has 0 aliphatic carbocycles. The predicted octanol–water partition coefficient (Wildman–Crippen LogP) is 6.09. The van der Waals surface area contributed by atoms with Gasteiger partial charge in [0.2, 0.25) is 5.91 Å². The number of imide groups is 1. The van der Waals surface area contributed by atoms with Crippen LogP contribution >= 0.6 is 0 Å². The van der Waals surface area contributed by atoms with Crippen molar-refractivity contribution >= 4 is 30.7 Å². The fourth-order valence-corrected chi connectivity index (χ4v) is 10.1. The van der Waals surface area contributed by atoms with Crippen molar-refractivity contribution in [3.63, 3.8) is 0 Å². The molecule has 2 atom stereocenters. The number of rotatable bonds is 10. The molecule has 0 N–H and O–H groups in total. The second-order valence-corrected chi connectivity index (χ2v) is 15.5. The minimum atomic E-state index is -2.57. The van der Waals surface area contributed by atoms with E-state index in [9.17, 15) is 9.59 Å².